The molecule has 1 aromatic heterocycles. The van der Waals surface area contributed by atoms with Gasteiger partial charge in [-0.2, -0.15) is 0 Å². The molecule has 5 heteroatoms. The monoisotopic (exact) mass is 440 g/mol. The second kappa shape index (κ2) is 10.2. The zero-order chi connectivity index (χ0) is 23.2. The number of pyridine rings is 1. The standard InChI is InChI=1S/C28H28N2O3/c1-3-5-8-20-11-13-21(14-12-20)29-19-26-24-9-6-7-10-25(24)27(31)30(28(26)32)22-15-17-23(18-16-22)33-4-2/h6-7,9-19,32H,3-5,8H2,1-2H3. The van der Waals surface area contributed by atoms with Gasteiger partial charge in [-0.1, -0.05) is 43.7 Å². The number of aliphatic imine (C=N–C) groups is 1. The van der Waals surface area contributed by atoms with E-state index in [2.05, 4.69) is 24.0 Å². The highest BCUT2D eigenvalue weighted by atomic mass is 16.5. The molecule has 1 heterocycles. The van der Waals surface area contributed by atoms with Crippen LogP contribution in [0.3, 0.4) is 0 Å². The van der Waals surface area contributed by atoms with Gasteiger partial charge >= 0.3 is 0 Å². The van der Waals surface area contributed by atoms with E-state index in [4.69, 9.17) is 4.74 Å². The molecule has 0 aliphatic rings. The molecule has 0 bridgehead atoms. The summed E-state index contributed by atoms with van der Waals surface area (Å²) in [5.74, 6) is 0.560. The van der Waals surface area contributed by atoms with Gasteiger partial charge in [-0.05, 0) is 67.8 Å². The summed E-state index contributed by atoms with van der Waals surface area (Å²) in [5, 5.41) is 12.3. The van der Waals surface area contributed by atoms with E-state index in [1.807, 2.05) is 37.3 Å². The van der Waals surface area contributed by atoms with Gasteiger partial charge in [-0.3, -0.25) is 9.79 Å². The number of unbranched alkanes of at least 4 members (excludes halogenated alkanes) is 1. The largest absolute Gasteiger partial charge is 0.494 e. The fourth-order valence-electron chi connectivity index (χ4n) is 3.86. The Morgan fingerprint density at radius 3 is 2.30 bits per heavy atom. The van der Waals surface area contributed by atoms with E-state index >= 15 is 0 Å². The molecule has 0 spiro atoms. The zero-order valence-electron chi connectivity index (χ0n) is 19.0. The Labute approximate surface area is 193 Å². The Hall–Kier alpha value is -3.86. The minimum atomic E-state index is -0.287. The van der Waals surface area contributed by atoms with Gasteiger partial charge in [-0.15, -0.1) is 0 Å². The van der Waals surface area contributed by atoms with Crippen molar-refractivity contribution in [2.24, 2.45) is 4.99 Å². The lowest BCUT2D eigenvalue weighted by atomic mass is 10.1. The SMILES string of the molecule is CCCCc1ccc(N=Cc2c(O)n(-c3ccc(OCC)cc3)c(=O)c3ccccc23)cc1. The smallest absolute Gasteiger partial charge is 0.265 e. The number of aromatic hydroxyl groups is 1. The van der Waals surface area contributed by atoms with Crippen molar-refractivity contribution in [1.29, 1.82) is 0 Å². The molecule has 0 fully saturated rings. The molecule has 4 rings (SSSR count). The van der Waals surface area contributed by atoms with Crippen LogP contribution in [0.4, 0.5) is 5.69 Å². The number of fused-ring (bicyclic) bond motifs is 1. The first-order valence-electron chi connectivity index (χ1n) is 11.3. The number of hydrogen-bond acceptors (Lipinski definition) is 4. The van der Waals surface area contributed by atoms with Gasteiger partial charge in [0.2, 0.25) is 5.88 Å². The molecule has 0 aliphatic heterocycles. The quantitative estimate of drug-likeness (QED) is 0.332. The Bertz CT molecular complexity index is 1320. The van der Waals surface area contributed by atoms with Crippen molar-refractivity contribution >= 4 is 22.7 Å². The zero-order valence-corrected chi connectivity index (χ0v) is 19.0. The first kappa shape index (κ1) is 22.3. The molecule has 168 valence electrons. The maximum Gasteiger partial charge on any atom is 0.265 e. The van der Waals surface area contributed by atoms with Gasteiger partial charge in [0.05, 0.1) is 23.5 Å². The predicted octanol–water partition coefficient (Wildman–Crippen LogP) is 6.19. The normalized spacial score (nSPS) is 11.3. The summed E-state index contributed by atoms with van der Waals surface area (Å²) in [6.07, 6.45) is 5.01. The Balaban J connectivity index is 1.78. The maximum absolute atomic E-state index is 13.2. The lowest BCUT2D eigenvalue weighted by molar-refractivity contribution is 0.340. The van der Waals surface area contributed by atoms with Crippen LogP contribution in [0.5, 0.6) is 11.6 Å². The molecule has 0 saturated heterocycles. The molecule has 0 amide bonds. The van der Waals surface area contributed by atoms with E-state index < -0.39 is 0 Å². The lowest BCUT2D eigenvalue weighted by Gasteiger charge is -2.14. The highest BCUT2D eigenvalue weighted by Crippen LogP contribution is 2.27. The fraction of sp³-hybridized carbons (Fsp3) is 0.214. The van der Waals surface area contributed by atoms with Crippen LogP contribution >= 0.6 is 0 Å². The van der Waals surface area contributed by atoms with E-state index in [9.17, 15) is 9.90 Å². The Morgan fingerprint density at radius 1 is 0.939 bits per heavy atom. The molecule has 0 aliphatic carbocycles. The van der Waals surface area contributed by atoms with Crippen molar-refractivity contribution in [2.45, 2.75) is 33.1 Å². The number of aromatic nitrogens is 1. The predicted molar refractivity (Wildman–Crippen MR) is 135 cm³/mol. The molecule has 5 nitrogen and oxygen atoms in total. The Morgan fingerprint density at radius 2 is 1.64 bits per heavy atom. The summed E-state index contributed by atoms with van der Waals surface area (Å²) in [6, 6.07) is 22.5. The van der Waals surface area contributed by atoms with Crippen molar-refractivity contribution in [2.75, 3.05) is 6.61 Å². The minimum Gasteiger partial charge on any atom is -0.494 e. The minimum absolute atomic E-state index is 0.147. The van der Waals surface area contributed by atoms with Crippen molar-refractivity contribution in [3.05, 3.63) is 94.3 Å². The maximum atomic E-state index is 13.2. The van der Waals surface area contributed by atoms with Crippen LogP contribution in [0, 0.1) is 0 Å². The topological polar surface area (TPSA) is 63.8 Å². The number of rotatable bonds is 8. The van der Waals surface area contributed by atoms with Crippen molar-refractivity contribution < 1.29 is 9.84 Å². The van der Waals surface area contributed by atoms with Crippen molar-refractivity contribution in [3.8, 4) is 17.3 Å². The van der Waals surface area contributed by atoms with Crippen molar-refractivity contribution in [1.82, 2.24) is 4.57 Å². The Kier molecular flexibility index (Phi) is 6.89. The van der Waals surface area contributed by atoms with E-state index in [1.165, 1.54) is 10.1 Å². The summed E-state index contributed by atoms with van der Waals surface area (Å²) in [6.45, 7) is 4.65. The molecule has 0 atom stereocenters. The van der Waals surface area contributed by atoms with E-state index in [0.29, 0.717) is 34.4 Å². The average Bonchev–Trinajstić information content (AvgIpc) is 2.85. The number of aryl methyl sites for hydroxylation is 1. The van der Waals surface area contributed by atoms with Gasteiger partial charge in [-0.25, -0.2) is 4.57 Å². The van der Waals surface area contributed by atoms with E-state index in [0.717, 1.165) is 24.9 Å². The van der Waals surface area contributed by atoms with Crippen LogP contribution in [-0.2, 0) is 6.42 Å². The van der Waals surface area contributed by atoms with Crippen LogP contribution in [0.25, 0.3) is 16.5 Å². The third kappa shape index (κ3) is 4.82. The molecular weight excluding hydrogens is 412 g/mol. The van der Waals surface area contributed by atoms with Crippen molar-refractivity contribution in [3.63, 3.8) is 0 Å². The average molecular weight is 441 g/mol. The summed E-state index contributed by atoms with van der Waals surface area (Å²) in [5.41, 5.74) is 2.84. The van der Waals surface area contributed by atoms with Crippen LogP contribution in [-0.4, -0.2) is 22.5 Å². The molecule has 33 heavy (non-hydrogen) atoms. The number of ether oxygens (including phenoxy) is 1. The third-order valence-electron chi connectivity index (χ3n) is 5.61. The molecule has 0 unspecified atom stereocenters. The summed E-state index contributed by atoms with van der Waals surface area (Å²) < 4.78 is 6.81. The van der Waals surface area contributed by atoms with Gasteiger partial charge < -0.3 is 9.84 Å². The molecule has 3 aromatic carbocycles. The highest BCUT2D eigenvalue weighted by Gasteiger charge is 2.16. The van der Waals surface area contributed by atoms with Gasteiger partial charge in [0.1, 0.15) is 5.75 Å². The summed E-state index contributed by atoms with van der Waals surface area (Å²) in [4.78, 5) is 17.8. The number of benzene rings is 3. The second-order valence-electron chi connectivity index (χ2n) is 7.88. The van der Waals surface area contributed by atoms with E-state index in [1.54, 1.807) is 36.5 Å². The summed E-state index contributed by atoms with van der Waals surface area (Å²) in [7, 11) is 0. The summed E-state index contributed by atoms with van der Waals surface area (Å²) >= 11 is 0. The van der Waals surface area contributed by atoms with Crippen LogP contribution < -0.4 is 10.3 Å². The van der Waals surface area contributed by atoms with Crippen LogP contribution in [0.1, 0.15) is 37.8 Å². The van der Waals surface area contributed by atoms with Crippen LogP contribution in [0.15, 0.2) is 82.6 Å². The number of nitrogens with zero attached hydrogens (tertiary/aromatic N) is 2. The lowest BCUT2D eigenvalue weighted by Crippen LogP contribution is -2.20. The molecule has 1 N–H and O–H groups in total. The third-order valence-corrected chi connectivity index (χ3v) is 5.61. The fourth-order valence-corrected chi connectivity index (χ4v) is 3.86. The molecule has 0 saturated carbocycles. The molecule has 0 radical (unpaired) electrons. The van der Waals surface area contributed by atoms with E-state index in [-0.39, 0.29) is 11.4 Å². The molecular formula is C28H28N2O3. The van der Waals surface area contributed by atoms with Gasteiger partial charge in [0.15, 0.2) is 0 Å². The van der Waals surface area contributed by atoms with Gasteiger partial charge in [0.25, 0.3) is 5.56 Å². The first-order valence-corrected chi connectivity index (χ1v) is 11.3. The van der Waals surface area contributed by atoms with Gasteiger partial charge in [0, 0.05) is 17.0 Å². The first-order chi connectivity index (χ1) is 16.1. The second-order valence-corrected chi connectivity index (χ2v) is 7.88. The molecule has 4 aromatic rings. The number of hydrogen-bond donors (Lipinski definition) is 1. The van der Waals surface area contributed by atoms with Crippen LogP contribution in [0.2, 0.25) is 0 Å². The highest BCUT2D eigenvalue weighted by molar-refractivity contribution is 6.02.